The van der Waals surface area contributed by atoms with Crippen LogP contribution in [0.4, 0.5) is 27.6 Å². The molecular weight excluding hydrogens is 607 g/mol. The van der Waals surface area contributed by atoms with Crippen molar-refractivity contribution in [1.82, 2.24) is 25.0 Å². The van der Waals surface area contributed by atoms with Gasteiger partial charge in [-0.15, -0.1) is 0 Å². The molecule has 0 saturated carbocycles. The van der Waals surface area contributed by atoms with Crippen molar-refractivity contribution in [2.45, 2.75) is 24.6 Å². The highest BCUT2D eigenvalue weighted by Gasteiger charge is 2.43. The number of benzene rings is 2. The van der Waals surface area contributed by atoms with Crippen LogP contribution in [0.1, 0.15) is 28.9 Å². The molecule has 2 fully saturated rings. The van der Waals surface area contributed by atoms with E-state index < -0.39 is 28.9 Å². The minimum absolute atomic E-state index is 0.00311. The Morgan fingerprint density at radius 2 is 1.77 bits per heavy atom. The Hall–Kier alpha value is -4.07. The Labute approximate surface area is 254 Å². The zero-order valence-electron chi connectivity index (χ0n) is 23.1. The summed E-state index contributed by atoms with van der Waals surface area (Å²) in [5.74, 6) is -2.36. The number of halogens is 6. The molecule has 0 bridgehead atoms. The number of aromatic nitrogens is 3. The Morgan fingerprint density at radius 3 is 2.45 bits per heavy atom. The molecule has 2 aliphatic rings. The van der Waals surface area contributed by atoms with Gasteiger partial charge in [0.15, 0.2) is 5.69 Å². The van der Waals surface area contributed by atoms with Crippen LogP contribution >= 0.6 is 11.6 Å². The molecule has 2 aliphatic heterocycles. The van der Waals surface area contributed by atoms with E-state index in [1.807, 2.05) is 0 Å². The molecule has 4 aromatic rings. The van der Waals surface area contributed by atoms with Gasteiger partial charge in [0.1, 0.15) is 11.6 Å². The predicted molar refractivity (Wildman–Crippen MR) is 152 cm³/mol. The number of nitrogens with zero attached hydrogens (tertiary/aromatic N) is 5. The van der Waals surface area contributed by atoms with Crippen molar-refractivity contribution < 1.29 is 31.5 Å². The van der Waals surface area contributed by atoms with Gasteiger partial charge in [-0.05, 0) is 61.4 Å². The molecule has 4 heterocycles. The zero-order valence-corrected chi connectivity index (χ0v) is 23.9. The van der Waals surface area contributed by atoms with E-state index in [4.69, 9.17) is 16.3 Å². The quantitative estimate of drug-likeness (QED) is 0.283. The summed E-state index contributed by atoms with van der Waals surface area (Å²) >= 11 is 6.08. The number of ether oxygens (including phenoxy) is 1. The first-order chi connectivity index (χ1) is 21.1. The van der Waals surface area contributed by atoms with Crippen molar-refractivity contribution >= 4 is 23.2 Å². The number of amides is 1. The first-order valence-corrected chi connectivity index (χ1v) is 14.1. The minimum Gasteiger partial charge on any atom is -0.364 e. The number of rotatable bonds is 4. The average molecular weight is 633 g/mol. The van der Waals surface area contributed by atoms with Crippen molar-refractivity contribution in [1.29, 1.82) is 0 Å². The number of anilines is 1. The maximum atomic E-state index is 14.5. The monoisotopic (exact) mass is 632 g/mol. The molecule has 8 nitrogen and oxygen atoms in total. The van der Waals surface area contributed by atoms with E-state index in [0.717, 1.165) is 17.8 Å². The van der Waals surface area contributed by atoms with E-state index in [1.165, 1.54) is 23.0 Å². The number of likely N-dealkylation sites (tertiary alicyclic amines) is 1. The molecule has 0 aliphatic carbocycles. The summed E-state index contributed by atoms with van der Waals surface area (Å²) in [6, 6.07) is 11.9. The van der Waals surface area contributed by atoms with Gasteiger partial charge in [0, 0.05) is 42.8 Å². The Bertz CT molecular complexity index is 1670. The summed E-state index contributed by atoms with van der Waals surface area (Å²) in [4.78, 5) is 21.6. The Balaban J connectivity index is 1.28. The highest BCUT2D eigenvalue weighted by atomic mass is 35.5. The second kappa shape index (κ2) is 11.8. The van der Waals surface area contributed by atoms with Crippen molar-refractivity contribution in [2.24, 2.45) is 0 Å². The molecule has 0 unspecified atom stereocenters. The largest absolute Gasteiger partial charge is 0.419 e. The lowest BCUT2D eigenvalue weighted by atomic mass is 9.85. The van der Waals surface area contributed by atoms with Crippen LogP contribution in [0, 0.1) is 11.6 Å². The van der Waals surface area contributed by atoms with Crippen LogP contribution in [0.5, 0.6) is 0 Å². The number of carbonyl (C=O) groups is 1. The third-order valence-electron chi connectivity index (χ3n) is 8.00. The summed E-state index contributed by atoms with van der Waals surface area (Å²) < 4.78 is 75.1. The van der Waals surface area contributed by atoms with Crippen molar-refractivity contribution in [3.8, 4) is 16.9 Å². The molecule has 2 aromatic carbocycles. The van der Waals surface area contributed by atoms with Crippen LogP contribution in [-0.2, 0) is 10.9 Å². The lowest BCUT2D eigenvalue weighted by Gasteiger charge is -2.48. The van der Waals surface area contributed by atoms with Gasteiger partial charge in [-0.25, -0.2) is 13.5 Å². The van der Waals surface area contributed by atoms with Gasteiger partial charge >= 0.3 is 6.18 Å². The predicted octanol–water partition coefficient (Wildman–Crippen LogP) is 5.90. The van der Waals surface area contributed by atoms with E-state index in [1.54, 1.807) is 35.4 Å². The number of carbonyl (C=O) groups excluding carboxylic acids is 1. The SMILES string of the molecule is O=C(c1cc(-c2cccnc2)n(-c2ccc(C(F)(F)F)c(F)c2)n1)N1CCC2(CC1)COCNCN2c1ccc(F)c(Cl)c1. The Kier molecular flexibility index (Phi) is 8.03. The summed E-state index contributed by atoms with van der Waals surface area (Å²) in [6.45, 7) is 1.82. The van der Waals surface area contributed by atoms with Crippen LogP contribution in [0.3, 0.4) is 0 Å². The molecule has 1 N–H and O–H groups in total. The number of hydrogen-bond acceptors (Lipinski definition) is 6. The third kappa shape index (κ3) is 5.74. The fourth-order valence-electron chi connectivity index (χ4n) is 5.70. The van der Waals surface area contributed by atoms with Crippen LogP contribution in [0.25, 0.3) is 16.9 Å². The van der Waals surface area contributed by atoms with Gasteiger partial charge in [-0.2, -0.15) is 18.3 Å². The van der Waals surface area contributed by atoms with Crippen LogP contribution in [0.15, 0.2) is 67.0 Å². The van der Waals surface area contributed by atoms with Gasteiger partial charge in [-0.1, -0.05) is 11.6 Å². The Morgan fingerprint density at radius 1 is 1.00 bits per heavy atom. The van der Waals surface area contributed by atoms with Crippen LogP contribution < -0.4 is 10.2 Å². The highest BCUT2D eigenvalue weighted by molar-refractivity contribution is 6.31. The molecule has 0 radical (unpaired) electrons. The maximum Gasteiger partial charge on any atom is 0.419 e. The second-order valence-electron chi connectivity index (χ2n) is 10.7. The van der Waals surface area contributed by atoms with Crippen LogP contribution in [0.2, 0.25) is 5.02 Å². The number of hydrogen-bond donors (Lipinski definition) is 1. The zero-order chi connectivity index (χ0) is 31.1. The number of nitrogens with one attached hydrogen (secondary N) is 1. The molecule has 2 saturated heterocycles. The first-order valence-electron chi connectivity index (χ1n) is 13.7. The summed E-state index contributed by atoms with van der Waals surface area (Å²) in [7, 11) is 0. The van der Waals surface area contributed by atoms with E-state index >= 15 is 0 Å². The molecular formula is C30H26ClF5N6O2. The average Bonchev–Trinajstić information content (AvgIpc) is 3.36. The molecule has 6 rings (SSSR count). The second-order valence-corrected chi connectivity index (χ2v) is 11.1. The van der Waals surface area contributed by atoms with Gasteiger partial charge in [0.25, 0.3) is 5.91 Å². The topological polar surface area (TPSA) is 75.5 Å². The van der Waals surface area contributed by atoms with Gasteiger partial charge in [-0.3, -0.25) is 15.1 Å². The summed E-state index contributed by atoms with van der Waals surface area (Å²) in [6.07, 6.45) is -0.745. The fourth-order valence-corrected chi connectivity index (χ4v) is 5.88. The molecule has 44 heavy (non-hydrogen) atoms. The highest BCUT2D eigenvalue weighted by Crippen LogP contribution is 2.37. The lowest BCUT2D eigenvalue weighted by Crippen LogP contribution is -2.59. The van der Waals surface area contributed by atoms with E-state index in [-0.39, 0.29) is 22.3 Å². The number of pyridine rings is 1. The van der Waals surface area contributed by atoms with Crippen molar-refractivity contribution in [3.05, 3.63) is 94.9 Å². The van der Waals surface area contributed by atoms with E-state index in [2.05, 4.69) is 20.3 Å². The van der Waals surface area contributed by atoms with Gasteiger partial charge in [0.2, 0.25) is 0 Å². The number of alkyl halides is 3. The third-order valence-corrected chi connectivity index (χ3v) is 8.29. The molecule has 2 aromatic heterocycles. The van der Waals surface area contributed by atoms with E-state index in [0.29, 0.717) is 63.3 Å². The van der Waals surface area contributed by atoms with Gasteiger partial charge < -0.3 is 14.5 Å². The number of piperidine rings is 1. The molecule has 1 amide bonds. The van der Waals surface area contributed by atoms with Gasteiger partial charge in [0.05, 0.1) is 47.5 Å². The molecule has 14 heteroatoms. The van der Waals surface area contributed by atoms with E-state index in [9.17, 15) is 26.7 Å². The first kappa shape index (κ1) is 30.0. The molecule has 230 valence electrons. The smallest absolute Gasteiger partial charge is 0.364 e. The van der Waals surface area contributed by atoms with Crippen molar-refractivity contribution in [2.75, 3.05) is 38.0 Å². The minimum atomic E-state index is -4.86. The molecule has 0 atom stereocenters. The standard InChI is InChI=1S/C30H26ClF5N6O2/c31-23-12-20(4-6-24(23)32)41-17-38-18-44-16-29(41)7-10-40(11-8-29)28(43)26-14-27(19-2-1-9-37-15-19)42(39-26)21-3-5-22(25(33)13-21)30(34,35)36/h1-6,9,12-15,38H,7-8,10-11,16-18H2. The fraction of sp³-hybridized carbons (Fsp3) is 0.300. The maximum absolute atomic E-state index is 14.5. The van der Waals surface area contributed by atoms with Crippen molar-refractivity contribution in [3.63, 3.8) is 0 Å². The lowest BCUT2D eigenvalue weighted by molar-refractivity contribution is -0.140. The summed E-state index contributed by atoms with van der Waals surface area (Å²) in [5, 5.41) is 7.62. The summed E-state index contributed by atoms with van der Waals surface area (Å²) in [5.41, 5.74) is -0.226. The molecule has 1 spiro atoms. The normalized spacial score (nSPS) is 17.1. The van der Waals surface area contributed by atoms with Crippen LogP contribution in [-0.4, -0.2) is 64.2 Å².